The molecule has 0 radical (unpaired) electrons. The fourth-order valence-corrected chi connectivity index (χ4v) is 6.59. The molecular weight excluding hydrogens is 497 g/mol. The zero-order valence-electron chi connectivity index (χ0n) is 23.1. The van der Waals surface area contributed by atoms with Crippen LogP contribution in [0.15, 0.2) is 41.0 Å². The van der Waals surface area contributed by atoms with Crippen molar-refractivity contribution in [3.05, 3.63) is 46.5 Å². The van der Waals surface area contributed by atoms with E-state index in [1.54, 1.807) is 18.2 Å². The van der Waals surface area contributed by atoms with Gasteiger partial charge in [-0.25, -0.2) is 0 Å². The fourth-order valence-electron chi connectivity index (χ4n) is 6.59. The highest BCUT2D eigenvalue weighted by molar-refractivity contribution is 6.43. The molecule has 39 heavy (non-hydrogen) atoms. The van der Waals surface area contributed by atoms with E-state index < -0.39 is 24.9 Å². The number of likely N-dealkylation sites (tertiary alicyclic amines) is 1. The summed E-state index contributed by atoms with van der Waals surface area (Å²) in [5.74, 6) is -1.89. The highest BCUT2D eigenvalue weighted by Gasteiger charge is 2.57. The van der Waals surface area contributed by atoms with Crippen molar-refractivity contribution in [1.29, 1.82) is 0 Å². The molecule has 4 atom stereocenters. The van der Waals surface area contributed by atoms with Crippen LogP contribution in [0.25, 0.3) is 6.08 Å². The van der Waals surface area contributed by atoms with Gasteiger partial charge in [0.15, 0.2) is 0 Å². The summed E-state index contributed by atoms with van der Waals surface area (Å²) in [6.07, 6.45) is 5.73. The second-order valence-corrected chi connectivity index (χ2v) is 11.6. The second-order valence-electron chi connectivity index (χ2n) is 11.6. The van der Waals surface area contributed by atoms with Crippen molar-refractivity contribution in [2.75, 3.05) is 6.54 Å². The predicted octanol–water partition coefficient (Wildman–Crippen LogP) is 4.67. The highest BCUT2D eigenvalue weighted by Crippen LogP contribution is 2.52. The van der Waals surface area contributed by atoms with Crippen LogP contribution in [0.2, 0.25) is 6.32 Å². The third-order valence-electron chi connectivity index (χ3n) is 8.39. The molecule has 2 amide bonds. The molecule has 2 saturated heterocycles. The largest absolute Gasteiger partial charge is 0.508 e. The summed E-state index contributed by atoms with van der Waals surface area (Å²) in [7, 11) is -1.00. The lowest BCUT2D eigenvalue weighted by Crippen LogP contribution is -2.46. The van der Waals surface area contributed by atoms with Crippen LogP contribution in [0.5, 0.6) is 5.75 Å². The minimum Gasteiger partial charge on any atom is -0.508 e. The average molecular weight is 537 g/mol. The third-order valence-corrected chi connectivity index (χ3v) is 8.39. The van der Waals surface area contributed by atoms with E-state index in [0.717, 1.165) is 28.7 Å². The molecule has 3 aliphatic rings. The molecule has 0 unspecified atom stereocenters. The molecule has 1 aromatic rings. The molecule has 8 nitrogen and oxygen atoms in total. The van der Waals surface area contributed by atoms with Crippen LogP contribution in [-0.2, 0) is 19.0 Å². The lowest BCUT2D eigenvalue weighted by atomic mass is 9.57. The number of unbranched alkanes of at least 4 members (excludes halogenated alkanes) is 2. The van der Waals surface area contributed by atoms with Crippen molar-refractivity contribution >= 4 is 31.0 Å². The number of carboxylic acid groups (broad SMARTS) is 1. The molecule has 210 valence electrons. The Morgan fingerprint density at radius 3 is 2.62 bits per heavy atom. The van der Waals surface area contributed by atoms with Crippen molar-refractivity contribution in [1.82, 2.24) is 4.90 Å². The van der Waals surface area contributed by atoms with E-state index in [4.69, 9.17) is 9.76 Å². The van der Waals surface area contributed by atoms with Crippen molar-refractivity contribution in [2.45, 2.75) is 78.1 Å². The SMILES string of the molecule is C/C(=C\c1cccc(O)c1)CC[C@H]1OB(O)C[C@H]2C1=C(C(C)C)C[C@H]1C(=O)N(CCCCCC(=O)O)C(=O)[C@H]12. The van der Waals surface area contributed by atoms with Gasteiger partial charge in [-0.1, -0.05) is 49.6 Å². The molecule has 1 aromatic carbocycles. The van der Waals surface area contributed by atoms with Crippen LogP contribution < -0.4 is 0 Å². The number of rotatable bonds is 11. The average Bonchev–Trinajstić information content (AvgIpc) is 3.10. The summed E-state index contributed by atoms with van der Waals surface area (Å²) in [5.41, 5.74) is 4.28. The minimum atomic E-state index is -1.00. The first-order chi connectivity index (χ1) is 18.6. The Kier molecular flexibility index (Phi) is 9.33. The zero-order chi connectivity index (χ0) is 28.3. The molecule has 9 heteroatoms. The number of aromatic hydroxyl groups is 1. The number of hydrogen-bond donors (Lipinski definition) is 3. The molecule has 0 bridgehead atoms. The van der Waals surface area contributed by atoms with Gasteiger partial charge < -0.3 is 19.9 Å². The summed E-state index contributed by atoms with van der Waals surface area (Å²) >= 11 is 0. The van der Waals surface area contributed by atoms with E-state index >= 15 is 0 Å². The number of allylic oxidation sites excluding steroid dienone is 2. The summed E-state index contributed by atoms with van der Waals surface area (Å²) in [5, 5.41) is 29.3. The van der Waals surface area contributed by atoms with Crippen LogP contribution in [0.3, 0.4) is 0 Å². The molecular formula is C30H40BNO7. The number of phenols is 1. The Labute approximate surface area is 230 Å². The zero-order valence-corrected chi connectivity index (χ0v) is 23.1. The lowest BCUT2D eigenvalue weighted by molar-refractivity contribution is -0.141. The maximum atomic E-state index is 13.6. The Hall–Kier alpha value is -2.91. The van der Waals surface area contributed by atoms with Crippen molar-refractivity contribution in [3.8, 4) is 5.75 Å². The molecule has 2 heterocycles. The first kappa shape index (κ1) is 29.1. The number of carbonyl (C=O) groups excluding carboxylic acids is 2. The van der Waals surface area contributed by atoms with Crippen LogP contribution in [-0.4, -0.2) is 57.7 Å². The molecule has 2 aliphatic heterocycles. The minimum absolute atomic E-state index is 0.0853. The van der Waals surface area contributed by atoms with E-state index in [9.17, 15) is 24.5 Å². The van der Waals surface area contributed by atoms with Gasteiger partial charge in [-0.3, -0.25) is 19.3 Å². The van der Waals surface area contributed by atoms with Gasteiger partial charge in [0.05, 0.1) is 17.9 Å². The van der Waals surface area contributed by atoms with Crippen molar-refractivity contribution < 1.29 is 34.3 Å². The Morgan fingerprint density at radius 2 is 1.92 bits per heavy atom. The van der Waals surface area contributed by atoms with Gasteiger partial charge in [-0.05, 0) is 80.5 Å². The number of amides is 2. The standard InChI is InChI=1S/C30H40BNO7/c1-18(2)22-16-23-28(30(37)32(29(23)36)13-6-4-5-10-26(34)35)24-17-31(38)39-25(27(22)24)12-11-19(3)14-20-8-7-9-21(33)15-20/h7-9,14-15,18,23-25,28,33,38H,4-6,10-13,16-17H2,1-3H3,(H,34,35)/b19-14+/t23-,24+,25-,28-/m1/s1. The van der Waals surface area contributed by atoms with E-state index in [1.807, 2.05) is 19.1 Å². The van der Waals surface area contributed by atoms with Crippen LogP contribution in [0.4, 0.5) is 0 Å². The predicted molar refractivity (Wildman–Crippen MR) is 148 cm³/mol. The first-order valence-electron chi connectivity index (χ1n) is 14.2. The van der Waals surface area contributed by atoms with E-state index in [0.29, 0.717) is 45.0 Å². The van der Waals surface area contributed by atoms with E-state index in [2.05, 4.69) is 13.8 Å². The Balaban J connectivity index is 1.51. The Morgan fingerprint density at radius 1 is 1.15 bits per heavy atom. The fraction of sp³-hybridized carbons (Fsp3) is 0.567. The summed E-state index contributed by atoms with van der Waals surface area (Å²) in [4.78, 5) is 39.2. The van der Waals surface area contributed by atoms with E-state index in [1.165, 1.54) is 4.90 Å². The maximum Gasteiger partial charge on any atom is 0.455 e. The van der Waals surface area contributed by atoms with Crippen LogP contribution >= 0.6 is 0 Å². The number of nitrogens with zero attached hydrogens (tertiary/aromatic N) is 1. The second kappa shape index (κ2) is 12.5. The van der Waals surface area contributed by atoms with Crippen molar-refractivity contribution in [3.63, 3.8) is 0 Å². The molecule has 0 aromatic heterocycles. The smallest absolute Gasteiger partial charge is 0.455 e. The Bertz CT molecular complexity index is 1160. The number of benzene rings is 1. The van der Waals surface area contributed by atoms with Gasteiger partial charge >= 0.3 is 13.1 Å². The lowest BCUT2D eigenvalue weighted by Gasteiger charge is -2.44. The monoisotopic (exact) mass is 537 g/mol. The number of carboxylic acids is 1. The topological polar surface area (TPSA) is 124 Å². The van der Waals surface area contributed by atoms with Gasteiger partial charge in [0.25, 0.3) is 0 Å². The van der Waals surface area contributed by atoms with Gasteiger partial charge in [0.1, 0.15) is 5.75 Å². The highest BCUT2D eigenvalue weighted by atomic mass is 16.5. The van der Waals surface area contributed by atoms with Gasteiger partial charge in [0.2, 0.25) is 11.8 Å². The molecule has 2 fully saturated rings. The number of aliphatic carboxylic acids is 1. The summed E-state index contributed by atoms with van der Waals surface area (Å²) < 4.78 is 6.08. The first-order valence-corrected chi connectivity index (χ1v) is 14.2. The summed E-state index contributed by atoms with van der Waals surface area (Å²) in [6.45, 7) is 6.56. The van der Waals surface area contributed by atoms with Gasteiger partial charge in [0, 0.05) is 13.0 Å². The van der Waals surface area contributed by atoms with E-state index in [-0.39, 0.29) is 41.9 Å². The van der Waals surface area contributed by atoms with Gasteiger partial charge in [-0.2, -0.15) is 0 Å². The number of fused-ring (bicyclic) bond motifs is 3. The molecule has 3 N–H and O–H groups in total. The summed E-state index contributed by atoms with van der Waals surface area (Å²) in [6, 6.07) is 7.08. The molecule has 1 aliphatic carbocycles. The third kappa shape index (κ3) is 6.64. The number of phenolic OH excluding ortho intramolecular Hbond substituents is 1. The quantitative estimate of drug-likeness (QED) is 0.162. The number of carbonyl (C=O) groups is 3. The van der Waals surface area contributed by atoms with Crippen LogP contribution in [0, 0.1) is 23.7 Å². The van der Waals surface area contributed by atoms with Crippen LogP contribution in [0.1, 0.15) is 71.3 Å². The molecule has 0 saturated carbocycles. The molecule has 0 spiro atoms. The number of hydrogen-bond acceptors (Lipinski definition) is 6. The van der Waals surface area contributed by atoms with Crippen molar-refractivity contribution in [2.24, 2.45) is 23.7 Å². The normalized spacial score (nSPS) is 25.4. The van der Waals surface area contributed by atoms with Gasteiger partial charge in [-0.15, -0.1) is 0 Å². The molecule has 4 rings (SSSR count). The number of imide groups is 1. The maximum absolute atomic E-state index is 13.6.